The smallest absolute Gasteiger partial charge is 0.260 e. The van der Waals surface area contributed by atoms with Gasteiger partial charge in [-0.05, 0) is 61.0 Å². The van der Waals surface area contributed by atoms with Crippen molar-refractivity contribution in [2.45, 2.75) is 6.92 Å². The summed E-state index contributed by atoms with van der Waals surface area (Å²) < 4.78 is 18.2. The predicted octanol–water partition coefficient (Wildman–Crippen LogP) is 4.97. The number of hydrogen-bond donors (Lipinski definition) is 5. The molecule has 228 valence electrons. The van der Waals surface area contributed by atoms with Crippen LogP contribution in [0, 0.1) is 12.7 Å². The van der Waals surface area contributed by atoms with Gasteiger partial charge < -0.3 is 26.2 Å². The third kappa shape index (κ3) is 11.1. The van der Waals surface area contributed by atoms with Crippen LogP contribution in [0.15, 0.2) is 118 Å². The number of carbonyl (C=O) groups excluding carboxylic acids is 2. The molecule has 1 heterocycles. The number of rotatable bonds is 6. The van der Waals surface area contributed by atoms with E-state index in [0.717, 1.165) is 22.4 Å². The van der Waals surface area contributed by atoms with Crippen molar-refractivity contribution < 1.29 is 23.8 Å². The minimum absolute atomic E-state index is 0.0383. The van der Waals surface area contributed by atoms with Crippen LogP contribution in [0.5, 0.6) is 5.75 Å². The number of benzene rings is 3. The lowest BCUT2D eigenvalue weighted by molar-refractivity contribution is -0.112. The van der Waals surface area contributed by atoms with Gasteiger partial charge in [-0.25, -0.2) is 4.39 Å². The first kappa shape index (κ1) is 34.2. The highest BCUT2D eigenvalue weighted by molar-refractivity contribution is 6.17. The van der Waals surface area contributed by atoms with Crippen molar-refractivity contribution in [1.82, 2.24) is 5.43 Å². The van der Waals surface area contributed by atoms with Crippen LogP contribution in [0.1, 0.15) is 11.1 Å². The van der Waals surface area contributed by atoms with Crippen LogP contribution >= 0.6 is 0 Å². The van der Waals surface area contributed by atoms with Gasteiger partial charge >= 0.3 is 0 Å². The van der Waals surface area contributed by atoms with Gasteiger partial charge in [-0.3, -0.25) is 20.0 Å². The lowest BCUT2D eigenvalue weighted by atomic mass is 9.98. The zero-order valence-corrected chi connectivity index (χ0v) is 24.5. The van der Waals surface area contributed by atoms with Gasteiger partial charge in [0.05, 0.1) is 11.8 Å². The predicted molar refractivity (Wildman–Crippen MR) is 174 cm³/mol. The zero-order chi connectivity index (χ0) is 32.3. The first-order chi connectivity index (χ1) is 21.3. The number of ether oxygens (including phenoxy) is 1. The summed E-state index contributed by atoms with van der Waals surface area (Å²) >= 11 is 0. The fraction of sp³-hybridized carbons (Fsp3) is 0.0938. The highest BCUT2D eigenvalue weighted by atomic mass is 19.1. The van der Waals surface area contributed by atoms with Crippen molar-refractivity contribution in [2.24, 2.45) is 20.8 Å². The molecule has 2 amide bonds. The molecule has 0 saturated heterocycles. The second-order valence-corrected chi connectivity index (χ2v) is 8.66. The Kier molecular flexibility index (Phi) is 14.3. The van der Waals surface area contributed by atoms with Gasteiger partial charge in [0, 0.05) is 49.0 Å². The van der Waals surface area contributed by atoms with E-state index in [1.54, 1.807) is 49.6 Å². The summed E-state index contributed by atoms with van der Waals surface area (Å²) in [6, 6.07) is 20.9. The number of nitrogens with two attached hydrogens (primary N) is 1. The Morgan fingerprint density at radius 1 is 1.11 bits per heavy atom. The van der Waals surface area contributed by atoms with Gasteiger partial charge in [0.15, 0.2) is 0 Å². The molecule has 3 aromatic carbocycles. The lowest BCUT2D eigenvalue weighted by Crippen LogP contribution is -2.16. The van der Waals surface area contributed by atoms with Crippen LogP contribution in [0.3, 0.4) is 0 Å². The monoisotopic (exact) mass is 599 g/mol. The van der Waals surface area contributed by atoms with E-state index in [9.17, 15) is 9.18 Å². The number of aliphatic imine (C=N–C) groups is 2. The molecule has 3 aromatic rings. The number of halogens is 1. The van der Waals surface area contributed by atoms with Crippen LogP contribution in [0.25, 0.3) is 5.57 Å². The molecule has 0 unspecified atom stereocenters. The van der Waals surface area contributed by atoms with E-state index in [1.807, 2.05) is 31.2 Å². The Labute approximate surface area is 255 Å². The number of aliphatic hydroxyl groups excluding tert-OH is 1. The highest BCUT2D eigenvalue weighted by Gasteiger charge is 2.16. The molecule has 4 rings (SSSR count). The third-order valence-corrected chi connectivity index (χ3v) is 5.56. The fourth-order valence-corrected chi connectivity index (χ4v) is 3.48. The van der Waals surface area contributed by atoms with E-state index < -0.39 is 5.91 Å². The van der Waals surface area contributed by atoms with E-state index in [-0.39, 0.29) is 17.8 Å². The lowest BCUT2D eigenvalue weighted by Gasteiger charge is -2.16. The number of carbonyl (C=O) groups is 2. The minimum atomic E-state index is -0.485. The maximum absolute atomic E-state index is 12.2. The quantitative estimate of drug-likeness (QED) is 0.116. The van der Waals surface area contributed by atoms with Crippen LogP contribution < -0.4 is 26.5 Å². The summed E-state index contributed by atoms with van der Waals surface area (Å²) in [7, 11) is 3.31. The zero-order valence-electron chi connectivity index (χ0n) is 24.5. The third-order valence-electron chi connectivity index (χ3n) is 5.56. The van der Waals surface area contributed by atoms with E-state index in [2.05, 4.69) is 43.5 Å². The molecule has 0 bridgehead atoms. The Morgan fingerprint density at radius 3 is 2.36 bits per heavy atom. The summed E-state index contributed by atoms with van der Waals surface area (Å²) in [6.45, 7) is 6.17. The van der Waals surface area contributed by atoms with E-state index >= 15 is 0 Å². The molecule has 6 N–H and O–H groups in total. The highest BCUT2D eigenvalue weighted by Crippen LogP contribution is 2.26. The number of aliphatic hydroxyl groups is 1. The first-order valence-electron chi connectivity index (χ1n) is 13.0. The van der Waals surface area contributed by atoms with Gasteiger partial charge in [-0.2, -0.15) is 10.1 Å². The number of primary amides is 1. The summed E-state index contributed by atoms with van der Waals surface area (Å²) in [5.41, 5.74) is 11.9. The van der Waals surface area contributed by atoms with Crippen molar-refractivity contribution in [2.75, 3.05) is 24.7 Å². The Morgan fingerprint density at radius 2 is 1.77 bits per heavy atom. The van der Waals surface area contributed by atoms with Crippen molar-refractivity contribution in [1.29, 1.82) is 0 Å². The van der Waals surface area contributed by atoms with Crippen LogP contribution in [0.4, 0.5) is 15.8 Å². The van der Waals surface area contributed by atoms with E-state index in [1.165, 1.54) is 31.7 Å². The maximum atomic E-state index is 12.2. The number of aryl methyl sites for hydroxylation is 1. The average molecular weight is 600 g/mol. The summed E-state index contributed by atoms with van der Waals surface area (Å²) in [4.78, 5) is 28.7. The fourth-order valence-electron chi connectivity index (χ4n) is 3.48. The van der Waals surface area contributed by atoms with E-state index in [0.29, 0.717) is 29.2 Å². The molecule has 0 radical (unpaired) electrons. The maximum Gasteiger partial charge on any atom is 0.260 e. The first-order valence-corrected chi connectivity index (χ1v) is 13.0. The number of hydrogen-bond acceptors (Lipinski definition) is 9. The molecule has 11 nitrogen and oxygen atoms in total. The molecule has 0 spiro atoms. The number of anilines is 2. The van der Waals surface area contributed by atoms with Crippen LogP contribution in [-0.2, 0) is 9.59 Å². The molecule has 12 heteroatoms. The van der Waals surface area contributed by atoms with Gasteiger partial charge in [0.25, 0.3) is 5.91 Å². The minimum Gasteiger partial charge on any atom is -0.515 e. The van der Waals surface area contributed by atoms with Gasteiger partial charge in [-0.1, -0.05) is 36.4 Å². The Bertz CT molecular complexity index is 1560. The van der Waals surface area contributed by atoms with Crippen LogP contribution in [0.2, 0.25) is 0 Å². The second kappa shape index (κ2) is 18.4. The Balaban J connectivity index is 0.000000471. The van der Waals surface area contributed by atoms with Crippen molar-refractivity contribution in [3.63, 3.8) is 0 Å². The van der Waals surface area contributed by atoms with Gasteiger partial charge in [0.2, 0.25) is 12.3 Å². The summed E-state index contributed by atoms with van der Waals surface area (Å²) in [5.74, 6) is 0.112. The van der Waals surface area contributed by atoms with Crippen molar-refractivity contribution in [3.05, 3.63) is 120 Å². The molecular formula is C32H34FN7O4. The largest absolute Gasteiger partial charge is 0.515 e. The van der Waals surface area contributed by atoms with Gasteiger partial charge in [0.1, 0.15) is 17.9 Å². The normalized spacial score (nSPS) is 14.4. The topological polar surface area (TPSA) is 163 Å². The molecule has 1 aliphatic rings. The number of nitrogens with zero attached hydrogens (tertiary/aromatic N) is 3. The number of nitrogens with one attached hydrogen (secondary N) is 3. The molecule has 0 fully saturated rings. The molecule has 0 aliphatic carbocycles. The molecular weight excluding hydrogens is 565 g/mol. The number of amides is 2. The molecule has 0 saturated carbocycles. The van der Waals surface area contributed by atoms with E-state index in [4.69, 9.17) is 14.6 Å². The molecule has 0 aromatic heterocycles. The van der Waals surface area contributed by atoms with Gasteiger partial charge in [-0.15, -0.1) is 0 Å². The van der Waals surface area contributed by atoms with Crippen LogP contribution in [-0.4, -0.2) is 50.0 Å². The Hall–Kier alpha value is -6.04. The van der Waals surface area contributed by atoms with Crippen molar-refractivity contribution >= 4 is 47.7 Å². The van der Waals surface area contributed by atoms with Crippen molar-refractivity contribution in [3.8, 4) is 5.75 Å². The summed E-state index contributed by atoms with van der Waals surface area (Å²) in [6.07, 6.45) is 5.31. The SMILES string of the molecule is C=C1C(Oc2ccc(NC(=O)/C(C=NC)=C\O)cc2)=N/C=N\N/C=C\1c1cccc(C)c1.CNc1ccc(F)cc1.NC=O. The number of hydrazone groups is 1. The molecule has 44 heavy (non-hydrogen) atoms. The average Bonchev–Trinajstić information content (AvgIpc) is 3.01. The molecule has 0 atom stereocenters. The second-order valence-electron chi connectivity index (χ2n) is 8.66. The molecule has 1 aliphatic heterocycles. The standard InChI is InChI=1S/C24H23N5O3.C7H8FN.CH3NO/c1-16-5-4-6-18(11-16)22-13-27-28-15-26-24(17(22)2)32-21-9-7-20(8-10-21)29-23(31)19(14-30)12-25-3;1-9-7-4-2-6(8)3-5-7;2-1-3/h4-15,27,30H,2H2,1,3H3,(H,29,31);2-5,9H,1H3;1H,(H2,2,3)/b19-14-,22-13+,25-12?,26-24?,28-15-;;. The summed E-state index contributed by atoms with van der Waals surface area (Å²) in [5, 5.41) is 18.7.